The Morgan fingerprint density at radius 3 is 0.619 bits per heavy atom. The molecule has 3 rings (SSSR count). The van der Waals surface area contributed by atoms with Crippen molar-refractivity contribution in [3.05, 3.63) is 5.32 Å². The zero-order valence-electron chi connectivity index (χ0n) is 15.0. The molecule has 0 aromatic rings. The Kier molecular flexibility index (Phi) is 26.9. The van der Waals surface area contributed by atoms with Crippen LogP contribution < -0.4 is 0 Å². The Bertz CT molecular complexity index is 101. The average Bonchev–Trinajstić information content (AvgIpc) is 3.27. The molecule has 2 heteroatoms. The minimum atomic E-state index is 0. The van der Waals surface area contributed by atoms with Crippen LogP contribution in [0.4, 0.5) is 0 Å². The first-order valence-electron chi connectivity index (χ1n) is 9.55. The van der Waals surface area contributed by atoms with Gasteiger partial charge in [0.25, 0.3) is 0 Å². The largest absolute Gasteiger partial charge is 0.663 e. The molecule has 0 aliphatic heterocycles. The molecular weight excluding hydrogens is 480 g/mol. The normalized spacial score (nSPS) is 19.1. The number of nitrogens with zero attached hydrogens (tertiary/aromatic N) is 1. The fraction of sp³-hybridized carbons (Fsp3) is 1.00. The van der Waals surface area contributed by atoms with Gasteiger partial charge in [-0.15, -0.1) is 0 Å². The Labute approximate surface area is 159 Å². The first kappa shape index (κ1) is 24.3. The number of rotatable bonds is 2. The molecule has 0 amide bonds. The summed E-state index contributed by atoms with van der Waals surface area (Å²) >= 11 is 0. The molecule has 0 spiro atoms. The standard InChI is InChI=1S/3C5H10.C4H10N.U/c3*1-2-4-5-3-1;1-3-5-4-2;/h3*1-5H2;3-4H2,1-2H3;/q;;;-1;. The average molecular weight is 521 g/mol. The Balaban J connectivity index is 0. The van der Waals surface area contributed by atoms with Crippen LogP contribution in [0, 0.1) is 31.1 Å². The molecule has 3 aliphatic carbocycles. The second kappa shape index (κ2) is 23.3. The third-order valence-corrected chi connectivity index (χ3v) is 4.20. The molecule has 0 heterocycles. The summed E-state index contributed by atoms with van der Waals surface area (Å²) in [4.78, 5) is 0. The van der Waals surface area contributed by atoms with Gasteiger partial charge in [-0.1, -0.05) is 110 Å². The van der Waals surface area contributed by atoms with Crippen molar-refractivity contribution in [1.82, 2.24) is 0 Å². The van der Waals surface area contributed by atoms with Crippen molar-refractivity contribution >= 4 is 0 Å². The molecule has 0 aromatic carbocycles. The molecule has 0 bridgehead atoms. The van der Waals surface area contributed by atoms with Crippen LogP contribution in [0.5, 0.6) is 0 Å². The van der Waals surface area contributed by atoms with Crippen LogP contribution in [0.15, 0.2) is 0 Å². The zero-order chi connectivity index (χ0) is 14.7. The van der Waals surface area contributed by atoms with Crippen molar-refractivity contribution in [3.8, 4) is 0 Å². The van der Waals surface area contributed by atoms with E-state index >= 15 is 0 Å². The first-order valence-corrected chi connectivity index (χ1v) is 9.55. The van der Waals surface area contributed by atoms with Gasteiger partial charge in [0.15, 0.2) is 0 Å². The molecule has 3 saturated carbocycles. The summed E-state index contributed by atoms with van der Waals surface area (Å²) in [5.74, 6) is 0. The smallest absolute Gasteiger partial charge is 0 e. The maximum Gasteiger partial charge on any atom is 0 e. The second-order valence-corrected chi connectivity index (χ2v) is 6.16. The van der Waals surface area contributed by atoms with Crippen LogP contribution >= 0.6 is 0 Å². The van der Waals surface area contributed by atoms with Gasteiger partial charge in [0.1, 0.15) is 0 Å². The summed E-state index contributed by atoms with van der Waals surface area (Å²) in [6.45, 7) is 6.03. The summed E-state index contributed by atoms with van der Waals surface area (Å²) in [6, 6.07) is 0. The predicted molar refractivity (Wildman–Crippen MR) is 93.7 cm³/mol. The minimum Gasteiger partial charge on any atom is -0.663 e. The van der Waals surface area contributed by atoms with Crippen LogP contribution in [-0.2, 0) is 0 Å². The van der Waals surface area contributed by atoms with Crippen LogP contribution in [0.3, 0.4) is 0 Å². The summed E-state index contributed by atoms with van der Waals surface area (Å²) < 4.78 is 0. The second-order valence-electron chi connectivity index (χ2n) is 6.16. The van der Waals surface area contributed by atoms with Gasteiger partial charge in [-0.25, -0.2) is 0 Å². The molecule has 0 saturated heterocycles. The van der Waals surface area contributed by atoms with Gasteiger partial charge < -0.3 is 5.32 Å². The van der Waals surface area contributed by atoms with Crippen molar-refractivity contribution in [2.75, 3.05) is 13.1 Å². The van der Waals surface area contributed by atoms with Gasteiger partial charge in [0, 0.05) is 31.1 Å². The molecule has 126 valence electrons. The summed E-state index contributed by atoms with van der Waals surface area (Å²) in [5, 5.41) is 3.97. The summed E-state index contributed by atoms with van der Waals surface area (Å²) in [7, 11) is 0. The van der Waals surface area contributed by atoms with E-state index in [0.29, 0.717) is 0 Å². The van der Waals surface area contributed by atoms with E-state index in [-0.39, 0.29) is 31.1 Å². The molecular formula is C19H40NU-. The SMILES string of the molecule is C1CCCC1.C1CCCC1.C1CCCC1.CC[N-]CC.[U]. The van der Waals surface area contributed by atoms with Crippen molar-refractivity contribution < 1.29 is 31.1 Å². The van der Waals surface area contributed by atoms with Gasteiger partial charge >= 0.3 is 0 Å². The third kappa shape index (κ3) is 23.4. The van der Waals surface area contributed by atoms with Crippen LogP contribution in [0.1, 0.15) is 110 Å². The zero-order valence-corrected chi connectivity index (χ0v) is 19.1. The van der Waals surface area contributed by atoms with Crippen molar-refractivity contribution in [2.45, 2.75) is 110 Å². The van der Waals surface area contributed by atoms with Crippen molar-refractivity contribution in [1.29, 1.82) is 0 Å². The van der Waals surface area contributed by atoms with Gasteiger partial charge in [-0.05, 0) is 0 Å². The molecule has 0 radical (unpaired) electrons. The van der Waals surface area contributed by atoms with Crippen LogP contribution in [-0.4, -0.2) is 13.1 Å². The fourth-order valence-electron chi connectivity index (χ4n) is 2.88. The van der Waals surface area contributed by atoms with E-state index in [1.165, 1.54) is 96.3 Å². The molecule has 0 atom stereocenters. The maximum absolute atomic E-state index is 3.97. The Morgan fingerprint density at radius 2 is 0.571 bits per heavy atom. The molecule has 0 aromatic heterocycles. The van der Waals surface area contributed by atoms with Crippen molar-refractivity contribution in [2.24, 2.45) is 0 Å². The Morgan fingerprint density at radius 1 is 0.429 bits per heavy atom. The van der Waals surface area contributed by atoms with Crippen LogP contribution in [0.25, 0.3) is 5.32 Å². The van der Waals surface area contributed by atoms with E-state index in [4.69, 9.17) is 0 Å². The summed E-state index contributed by atoms with van der Waals surface area (Å²) in [5.41, 5.74) is 0. The molecule has 21 heavy (non-hydrogen) atoms. The predicted octanol–water partition coefficient (Wildman–Crippen LogP) is 7.25. The number of hydrogen-bond donors (Lipinski definition) is 0. The molecule has 3 aliphatic rings. The molecule has 3 fully saturated rings. The molecule has 1 nitrogen and oxygen atoms in total. The monoisotopic (exact) mass is 520 g/mol. The summed E-state index contributed by atoms with van der Waals surface area (Å²) in [6.07, 6.45) is 22.5. The van der Waals surface area contributed by atoms with E-state index in [9.17, 15) is 0 Å². The minimum absolute atomic E-state index is 0. The van der Waals surface area contributed by atoms with Crippen LogP contribution in [0.2, 0.25) is 0 Å². The van der Waals surface area contributed by atoms with Gasteiger partial charge in [-0.3, -0.25) is 0 Å². The van der Waals surface area contributed by atoms with Gasteiger partial charge in [-0.2, -0.15) is 13.1 Å². The number of hydrogen-bond acceptors (Lipinski definition) is 0. The van der Waals surface area contributed by atoms with E-state index in [1.54, 1.807) is 0 Å². The van der Waals surface area contributed by atoms with E-state index < -0.39 is 0 Å². The quantitative estimate of drug-likeness (QED) is 0.364. The topological polar surface area (TPSA) is 14.1 Å². The van der Waals surface area contributed by atoms with Gasteiger partial charge in [0.05, 0.1) is 0 Å². The fourth-order valence-corrected chi connectivity index (χ4v) is 2.88. The first-order chi connectivity index (χ1) is 9.91. The molecule has 0 unspecified atom stereocenters. The maximum atomic E-state index is 3.97. The Hall–Kier alpha value is 1.01. The van der Waals surface area contributed by atoms with Crippen molar-refractivity contribution in [3.63, 3.8) is 0 Å². The molecule has 0 N–H and O–H groups in total. The van der Waals surface area contributed by atoms with E-state index in [1.807, 2.05) is 13.8 Å². The van der Waals surface area contributed by atoms with E-state index in [0.717, 1.165) is 13.1 Å². The van der Waals surface area contributed by atoms with Gasteiger partial charge in [0.2, 0.25) is 0 Å². The van der Waals surface area contributed by atoms with E-state index in [2.05, 4.69) is 5.32 Å². The third-order valence-electron chi connectivity index (χ3n) is 4.20.